The molecule has 3 rings (SSSR count). The standard InChI is InChI=1S/C15H13F3N2O3/c16-15(17,18)23-11-3-1-2-10(6-11)7-20-9-19-13-4-5-22-8-12(13)14(20)21/h1-3,6,9H,4-5,7-8H2. The van der Waals surface area contributed by atoms with Crippen LogP contribution in [0.25, 0.3) is 0 Å². The van der Waals surface area contributed by atoms with Gasteiger partial charge >= 0.3 is 6.36 Å². The molecule has 0 radical (unpaired) electrons. The van der Waals surface area contributed by atoms with Crippen LogP contribution in [0.4, 0.5) is 13.2 Å². The van der Waals surface area contributed by atoms with Crippen LogP contribution in [0.3, 0.4) is 0 Å². The molecule has 23 heavy (non-hydrogen) atoms. The van der Waals surface area contributed by atoms with Crippen LogP contribution in [-0.2, 0) is 24.3 Å². The van der Waals surface area contributed by atoms with E-state index in [1.165, 1.54) is 29.1 Å². The van der Waals surface area contributed by atoms with Crippen molar-refractivity contribution >= 4 is 0 Å². The van der Waals surface area contributed by atoms with Gasteiger partial charge in [0, 0.05) is 6.42 Å². The van der Waals surface area contributed by atoms with E-state index in [9.17, 15) is 18.0 Å². The summed E-state index contributed by atoms with van der Waals surface area (Å²) in [5.74, 6) is -0.322. The zero-order valence-corrected chi connectivity index (χ0v) is 12.0. The molecule has 2 heterocycles. The van der Waals surface area contributed by atoms with Crippen LogP contribution in [-0.4, -0.2) is 22.5 Å². The second-order valence-corrected chi connectivity index (χ2v) is 5.10. The third-order valence-corrected chi connectivity index (χ3v) is 3.43. The summed E-state index contributed by atoms with van der Waals surface area (Å²) in [5, 5.41) is 0. The fourth-order valence-corrected chi connectivity index (χ4v) is 2.42. The lowest BCUT2D eigenvalue weighted by Crippen LogP contribution is -2.30. The van der Waals surface area contributed by atoms with Gasteiger partial charge in [-0.15, -0.1) is 13.2 Å². The number of ether oxygens (including phenoxy) is 2. The predicted octanol–water partition coefficient (Wildman–Crippen LogP) is 2.26. The minimum Gasteiger partial charge on any atom is -0.406 e. The van der Waals surface area contributed by atoms with E-state index in [0.29, 0.717) is 29.8 Å². The summed E-state index contributed by atoms with van der Waals surface area (Å²) in [4.78, 5) is 16.6. The molecule has 1 aromatic carbocycles. The highest BCUT2D eigenvalue weighted by Crippen LogP contribution is 2.23. The Bertz CT molecular complexity index is 771. The third-order valence-electron chi connectivity index (χ3n) is 3.43. The molecule has 0 aliphatic carbocycles. The number of hydrogen-bond acceptors (Lipinski definition) is 4. The van der Waals surface area contributed by atoms with Crippen LogP contribution >= 0.6 is 0 Å². The first-order chi connectivity index (χ1) is 10.9. The molecule has 0 bridgehead atoms. The Balaban J connectivity index is 1.85. The van der Waals surface area contributed by atoms with Gasteiger partial charge in [-0.1, -0.05) is 12.1 Å². The lowest BCUT2D eigenvalue weighted by atomic mass is 10.1. The largest absolute Gasteiger partial charge is 0.573 e. The Morgan fingerprint density at radius 1 is 1.35 bits per heavy atom. The summed E-state index contributed by atoms with van der Waals surface area (Å²) in [6.07, 6.45) is -2.76. The zero-order valence-electron chi connectivity index (χ0n) is 12.0. The van der Waals surface area contributed by atoms with Crippen LogP contribution in [0.5, 0.6) is 5.75 Å². The number of halogens is 3. The fraction of sp³-hybridized carbons (Fsp3) is 0.333. The quantitative estimate of drug-likeness (QED) is 0.868. The number of alkyl halides is 3. The Hall–Kier alpha value is -2.35. The van der Waals surface area contributed by atoms with Crippen molar-refractivity contribution in [1.29, 1.82) is 0 Å². The summed E-state index contributed by atoms with van der Waals surface area (Å²) in [5.41, 5.74) is 1.48. The molecule has 1 aliphatic rings. The molecular weight excluding hydrogens is 313 g/mol. The van der Waals surface area contributed by atoms with Gasteiger partial charge in [0.2, 0.25) is 0 Å². The third kappa shape index (κ3) is 3.70. The highest BCUT2D eigenvalue weighted by atomic mass is 19.4. The number of nitrogens with zero attached hydrogens (tertiary/aromatic N) is 2. The zero-order chi connectivity index (χ0) is 16.4. The summed E-state index contributed by atoms with van der Waals surface area (Å²) in [6.45, 7) is 0.841. The molecule has 0 N–H and O–H groups in total. The van der Waals surface area contributed by atoms with E-state index in [0.717, 1.165) is 0 Å². The van der Waals surface area contributed by atoms with Gasteiger partial charge in [-0.3, -0.25) is 9.36 Å². The Morgan fingerprint density at radius 2 is 2.17 bits per heavy atom. The number of benzene rings is 1. The molecular formula is C15H13F3N2O3. The van der Waals surface area contributed by atoms with Crippen molar-refractivity contribution in [3.05, 3.63) is 57.8 Å². The molecule has 1 aromatic heterocycles. The van der Waals surface area contributed by atoms with Gasteiger partial charge in [-0.05, 0) is 17.7 Å². The highest BCUT2D eigenvalue weighted by Gasteiger charge is 2.31. The smallest absolute Gasteiger partial charge is 0.406 e. The van der Waals surface area contributed by atoms with E-state index in [4.69, 9.17) is 4.74 Å². The molecule has 0 atom stereocenters. The molecule has 122 valence electrons. The molecule has 0 fully saturated rings. The van der Waals surface area contributed by atoms with Crippen LogP contribution in [0.1, 0.15) is 16.8 Å². The molecule has 0 saturated carbocycles. The van der Waals surface area contributed by atoms with E-state index in [-0.39, 0.29) is 24.5 Å². The monoisotopic (exact) mass is 326 g/mol. The molecule has 8 heteroatoms. The molecule has 5 nitrogen and oxygen atoms in total. The van der Waals surface area contributed by atoms with Gasteiger partial charge in [0.25, 0.3) is 5.56 Å². The van der Waals surface area contributed by atoms with Gasteiger partial charge in [0.1, 0.15) is 5.75 Å². The van der Waals surface area contributed by atoms with Crippen LogP contribution in [0, 0.1) is 0 Å². The number of aromatic nitrogens is 2. The van der Waals surface area contributed by atoms with Crippen LogP contribution < -0.4 is 10.3 Å². The van der Waals surface area contributed by atoms with Gasteiger partial charge in [-0.2, -0.15) is 0 Å². The summed E-state index contributed by atoms with van der Waals surface area (Å²) >= 11 is 0. The fourth-order valence-electron chi connectivity index (χ4n) is 2.42. The molecule has 0 spiro atoms. The summed E-state index contributed by atoms with van der Waals surface area (Å²) in [6, 6.07) is 5.51. The maximum Gasteiger partial charge on any atom is 0.573 e. The first-order valence-corrected chi connectivity index (χ1v) is 6.92. The van der Waals surface area contributed by atoms with Crippen molar-refractivity contribution in [2.45, 2.75) is 25.9 Å². The molecule has 0 amide bonds. The lowest BCUT2D eigenvalue weighted by molar-refractivity contribution is -0.274. The second kappa shape index (κ2) is 6.04. The van der Waals surface area contributed by atoms with Gasteiger partial charge in [0.15, 0.2) is 0 Å². The Morgan fingerprint density at radius 3 is 2.96 bits per heavy atom. The van der Waals surface area contributed by atoms with E-state index in [1.807, 2.05) is 0 Å². The van der Waals surface area contributed by atoms with E-state index < -0.39 is 6.36 Å². The van der Waals surface area contributed by atoms with Crippen molar-refractivity contribution in [1.82, 2.24) is 9.55 Å². The van der Waals surface area contributed by atoms with Crippen LogP contribution in [0.2, 0.25) is 0 Å². The highest BCUT2D eigenvalue weighted by molar-refractivity contribution is 5.29. The Kier molecular flexibility index (Phi) is 4.08. The Labute approximate surface area is 129 Å². The first kappa shape index (κ1) is 15.5. The first-order valence-electron chi connectivity index (χ1n) is 6.92. The lowest BCUT2D eigenvalue weighted by Gasteiger charge is -2.16. The molecule has 1 aliphatic heterocycles. The second-order valence-electron chi connectivity index (χ2n) is 5.10. The predicted molar refractivity (Wildman–Crippen MR) is 74.1 cm³/mol. The normalized spacial score (nSPS) is 14.4. The molecule has 2 aromatic rings. The van der Waals surface area contributed by atoms with E-state index >= 15 is 0 Å². The van der Waals surface area contributed by atoms with E-state index in [2.05, 4.69) is 9.72 Å². The van der Waals surface area contributed by atoms with Crippen LogP contribution in [0.15, 0.2) is 35.4 Å². The number of rotatable bonds is 3. The van der Waals surface area contributed by atoms with Gasteiger partial charge in [-0.25, -0.2) is 4.98 Å². The minimum atomic E-state index is -4.75. The summed E-state index contributed by atoms with van der Waals surface area (Å²) in [7, 11) is 0. The SMILES string of the molecule is O=c1c2c(ncn1Cc1cccc(OC(F)(F)F)c1)CCOC2. The maximum atomic E-state index is 12.4. The number of fused-ring (bicyclic) bond motifs is 1. The average molecular weight is 326 g/mol. The van der Waals surface area contributed by atoms with Crippen molar-refractivity contribution in [3.8, 4) is 5.75 Å². The average Bonchev–Trinajstić information content (AvgIpc) is 2.49. The topological polar surface area (TPSA) is 53.4 Å². The number of hydrogen-bond donors (Lipinski definition) is 0. The summed E-state index contributed by atoms with van der Waals surface area (Å²) < 4.78 is 47.2. The molecule has 0 unspecified atom stereocenters. The maximum absolute atomic E-state index is 12.4. The van der Waals surface area contributed by atoms with Gasteiger partial charge < -0.3 is 9.47 Å². The van der Waals surface area contributed by atoms with Crippen molar-refractivity contribution in [2.75, 3.05) is 6.61 Å². The van der Waals surface area contributed by atoms with Gasteiger partial charge in [0.05, 0.1) is 37.3 Å². The minimum absolute atomic E-state index is 0.105. The van der Waals surface area contributed by atoms with Crippen molar-refractivity contribution < 1.29 is 22.6 Å². The van der Waals surface area contributed by atoms with Crippen molar-refractivity contribution in [2.24, 2.45) is 0 Å². The molecule has 0 saturated heterocycles. The van der Waals surface area contributed by atoms with Crippen molar-refractivity contribution in [3.63, 3.8) is 0 Å². The van der Waals surface area contributed by atoms with E-state index in [1.54, 1.807) is 6.07 Å².